The number of fused-ring (bicyclic) bond motifs is 1. The number of hydrogen-bond donors (Lipinski definition) is 3. The second-order valence-corrected chi connectivity index (χ2v) is 8.49. The second-order valence-electron chi connectivity index (χ2n) is 8.49. The Hall–Kier alpha value is -3.65. The summed E-state index contributed by atoms with van der Waals surface area (Å²) in [6, 6.07) is 1.06. The molecule has 2 aromatic heterocycles. The van der Waals surface area contributed by atoms with Gasteiger partial charge in [0.05, 0.1) is 17.6 Å². The van der Waals surface area contributed by atoms with Crippen LogP contribution in [0, 0.1) is 17.5 Å². The van der Waals surface area contributed by atoms with Crippen molar-refractivity contribution < 1.29 is 41.4 Å². The van der Waals surface area contributed by atoms with Crippen LogP contribution in [0.25, 0.3) is 16.7 Å². The summed E-state index contributed by atoms with van der Waals surface area (Å²) in [5.74, 6) is -5.42. The maximum absolute atomic E-state index is 15.0. The molecule has 3 aromatic rings. The van der Waals surface area contributed by atoms with Crippen molar-refractivity contribution in [3.05, 3.63) is 63.7 Å². The zero-order valence-corrected chi connectivity index (χ0v) is 19.1. The molecule has 0 bridgehead atoms. The second kappa shape index (κ2) is 9.67. The standard InChI is InChI=1S/C23H20F6N4O4/c1-2-17(23(27,28)29)30-22(37)11-7-33(18-12(24)4-3-5-13(18)25)20-10(19(11)36)6-14(26)21(31-20)32-8-15(34)16(35)9-32/h3-7,15-17,34-35H,2,8-9H2,1H3,(H,30,37)/t15-,16-,17+/m1/s1. The molecule has 1 aromatic carbocycles. The summed E-state index contributed by atoms with van der Waals surface area (Å²) in [5, 5.41) is 20.7. The molecule has 14 heteroatoms. The number of anilines is 1. The minimum absolute atomic E-state index is 0.245. The predicted molar refractivity (Wildman–Crippen MR) is 119 cm³/mol. The molecule has 0 spiro atoms. The molecule has 1 amide bonds. The molecule has 1 aliphatic rings. The molecule has 3 N–H and O–H groups in total. The molecule has 0 radical (unpaired) electrons. The highest BCUT2D eigenvalue weighted by molar-refractivity contribution is 5.97. The van der Waals surface area contributed by atoms with Gasteiger partial charge in [-0.1, -0.05) is 13.0 Å². The van der Waals surface area contributed by atoms with Crippen molar-refractivity contribution in [3.8, 4) is 5.69 Å². The van der Waals surface area contributed by atoms with Crippen LogP contribution in [0.4, 0.5) is 32.2 Å². The van der Waals surface area contributed by atoms with Gasteiger partial charge in [-0.2, -0.15) is 13.2 Å². The fourth-order valence-electron chi connectivity index (χ4n) is 4.08. The number of pyridine rings is 2. The number of halogens is 6. The number of hydrogen-bond acceptors (Lipinski definition) is 6. The minimum atomic E-state index is -4.84. The third-order valence-corrected chi connectivity index (χ3v) is 6.00. The van der Waals surface area contributed by atoms with E-state index in [1.807, 2.05) is 0 Å². The van der Waals surface area contributed by atoms with E-state index in [4.69, 9.17) is 0 Å². The van der Waals surface area contributed by atoms with Gasteiger partial charge >= 0.3 is 6.18 Å². The summed E-state index contributed by atoms with van der Waals surface area (Å²) in [7, 11) is 0. The number of β-amino-alcohol motifs (C(OH)–C–C–N with tert-alkyl or cyclic N) is 2. The molecule has 198 valence electrons. The average Bonchev–Trinajstić information content (AvgIpc) is 3.15. The van der Waals surface area contributed by atoms with Gasteiger partial charge < -0.3 is 20.4 Å². The predicted octanol–water partition coefficient (Wildman–Crippen LogP) is 2.42. The topological polar surface area (TPSA) is 108 Å². The smallest absolute Gasteiger partial charge is 0.389 e. The lowest BCUT2D eigenvalue weighted by atomic mass is 10.1. The van der Waals surface area contributed by atoms with Gasteiger partial charge in [0, 0.05) is 19.3 Å². The fraction of sp³-hybridized carbons (Fsp3) is 0.348. The number of amides is 1. The first-order valence-corrected chi connectivity index (χ1v) is 11.0. The van der Waals surface area contributed by atoms with Crippen molar-refractivity contribution in [2.45, 2.75) is 37.8 Å². The Labute approximate surface area is 204 Å². The largest absolute Gasteiger partial charge is 0.408 e. The van der Waals surface area contributed by atoms with Gasteiger partial charge in [0.2, 0.25) is 5.43 Å². The molecule has 0 saturated carbocycles. The third kappa shape index (κ3) is 4.85. The van der Waals surface area contributed by atoms with E-state index >= 15 is 4.39 Å². The van der Waals surface area contributed by atoms with E-state index in [1.54, 1.807) is 5.32 Å². The van der Waals surface area contributed by atoms with Crippen LogP contribution in [0.5, 0.6) is 0 Å². The van der Waals surface area contributed by atoms with E-state index in [1.165, 1.54) is 0 Å². The van der Waals surface area contributed by atoms with Gasteiger partial charge in [0.15, 0.2) is 17.3 Å². The Morgan fingerprint density at radius 1 is 1.14 bits per heavy atom. The highest BCUT2D eigenvalue weighted by Gasteiger charge is 2.40. The Bertz CT molecular complexity index is 1400. The Kier molecular flexibility index (Phi) is 6.90. The van der Waals surface area contributed by atoms with Gasteiger partial charge in [0.1, 0.15) is 28.9 Å². The maximum Gasteiger partial charge on any atom is 0.408 e. The van der Waals surface area contributed by atoms with Gasteiger partial charge in [-0.05, 0) is 24.6 Å². The van der Waals surface area contributed by atoms with Crippen LogP contribution >= 0.6 is 0 Å². The summed E-state index contributed by atoms with van der Waals surface area (Å²) in [6.45, 7) is 0.662. The molecule has 4 rings (SSSR count). The molecular formula is C23H20F6N4O4. The fourth-order valence-corrected chi connectivity index (χ4v) is 4.08. The summed E-state index contributed by atoms with van der Waals surface area (Å²) in [4.78, 5) is 31.0. The van der Waals surface area contributed by atoms with Crippen molar-refractivity contribution in [1.29, 1.82) is 0 Å². The highest BCUT2D eigenvalue weighted by atomic mass is 19.4. The number of alkyl halides is 3. The highest BCUT2D eigenvalue weighted by Crippen LogP contribution is 2.28. The lowest BCUT2D eigenvalue weighted by Gasteiger charge is -2.21. The number of carbonyl (C=O) groups excluding carboxylic acids is 1. The molecule has 37 heavy (non-hydrogen) atoms. The van der Waals surface area contributed by atoms with Crippen LogP contribution < -0.4 is 15.6 Å². The SMILES string of the molecule is CC[C@H](NC(=O)c1cn(-c2c(F)cccc2F)c2nc(N3C[C@@H](O)[C@H](O)C3)c(F)cc2c1=O)C(F)(F)F. The van der Waals surface area contributed by atoms with Crippen LogP contribution in [0.3, 0.4) is 0 Å². The first-order valence-electron chi connectivity index (χ1n) is 11.0. The van der Waals surface area contributed by atoms with Crippen LogP contribution in [-0.2, 0) is 0 Å². The number of aromatic nitrogens is 2. The van der Waals surface area contributed by atoms with E-state index in [-0.39, 0.29) is 13.1 Å². The van der Waals surface area contributed by atoms with Crippen LogP contribution in [-0.4, -0.2) is 63.2 Å². The molecule has 8 nitrogen and oxygen atoms in total. The molecule has 3 atom stereocenters. The number of para-hydroxylation sites is 1. The van der Waals surface area contributed by atoms with Crippen molar-refractivity contribution in [3.63, 3.8) is 0 Å². The molecule has 1 fully saturated rings. The van der Waals surface area contributed by atoms with Crippen molar-refractivity contribution in [1.82, 2.24) is 14.9 Å². The first kappa shape index (κ1) is 26.4. The number of benzene rings is 1. The molecule has 1 aliphatic heterocycles. The molecular weight excluding hydrogens is 510 g/mol. The van der Waals surface area contributed by atoms with Crippen molar-refractivity contribution in [2.75, 3.05) is 18.0 Å². The Morgan fingerprint density at radius 3 is 2.27 bits per heavy atom. The number of nitrogens with one attached hydrogen (secondary N) is 1. The number of aliphatic hydroxyl groups is 2. The minimum Gasteiger partial charge on any atom is -0.389 e. The molecule has 0 aliphatic carbocycles. The summed E-state index contributed by atoms with van der Waals surface area (Å²) >= 11 is 0. The number of aliphatic hydroxyl groups excluding tert-OH is 2. The third-order valence-electron chi connectivity index (χ3n) is 6.00. The van der Waals surface area contributed by atoms with E-state index in [0.717, 1.165) is 30.0 Å². The normalized spacial score (nSPS) is 18.9. The summed E-state index contributed by atoms with van der Waals surface area (Å²) in [6.07, 6.45) is -7.26. The van der Waals surface area contributed by atoms with Gasteiger partial charge in [-0.3, -0.25) is 14.2 Å². The zero-order valence-electron chi connectivity index (χ0n) is 19.1. The van der Waals surface area contributed by atoms with Crippen molar-refractivity contribution >= 4 is 22.8 Å². The van der Waals surface area contributed by atoms with Crippen LogP contribution in [0.15, 0.2) is 35.3 Å². The van der Waals surface area contributed by atoms with Crippen molar-refractivity contribution in [2.24, 2.45) is 0 Å². The van der Waals surface area contributed by atoms with Crippen LogP contribution in [0.1, 0.15) is 23.7 Å². The number of rotatable bonds is 5. The lowest BCUT2D eigenvalue weighted by molar-refractivity contribution is -0.153. The first-order chi connectivity index (χ1) is 17.3. The van der Waals surface area contributed by atoms with E-state index in [0.29, 0.717) is 16.8 Å². The van der Waals surface area contributed by atoms with Gasteiger partial charge in [-0.25, -0.2) is 18.2 Å². The summed E-state index contributed by atoms with van der Waals surface area (Å²) < 4.78 is 84.8. The quantitative estimate of drug-likeness (QED) is 0.438. The maximum atomic E-state index is 15.0. The Morgan fingerprint density at radius 2 is 1.73 bits per heavy atom. The number of carbonyl (C=O) groups is 1. The van der Waals surface area contributed by atoms with E-state index < -0.39 is 87.7 Å². The van der Waals surface area contributed by atoms with Gasteiger partial charge in [0.25, 0.3) is 5.91 Å². The molecule has 0 unspecified atom stereocenters. The van der Waals surface area contributed by atoms with Crippen LogP contribution in [0.2, 0.25) is 0 Å². The molecule has 3 heterocycles. The van der Waals surface area contributed by atoms with Gasteiger partial charge in [-0.15, -0.1) is 0 Å². The van der Waals surface area contributed by atoms with E-state index in [9.17, 15) is 41.8 Å². The number of nitrogens with zero attached hydrogens (tertiary/aromatic N) is 3. The Balaban J connectivity index is 1.97. The monoisotopic (exact) mass is 530 g/mol. The summed E-state index contributed by atoms with van der Waals surface area (Å²) in [5.41, 5.74) is -3.49. The average molecular weight is 530 g/mol. The lowest BCUT2D eigenvalue weighted by Crippen LogP contribution is -2.46. The molecule has 1 saturated heterocycles. The van der Waals surface area contributed by atoms with E-state index in [2.05, 4.69) is 4.98 Å². The zero-order chi connectivity index (χ0) is 27.2.